The van der Waals surface area contributed by atoms with Crippen LogP contribution in [0.4, 0.5) is 0 Å². The van der Waals surface area contributed by atoms with Gasteiger partial charge in [-0.2, -0.15) is 0 Å². The number of carbonyl (C=O) groups is 1. The van der Waals surface area contributed by atoms with Crippen LogP contribution in [0.1, 0.15) is 66.8 Å². The number of rotatable bonds is 6. The average molecular weight is 318 g/mol. The van der Waals surface area contributed by atoms with Crippen molar-refractivity contribution in [1.29, 1.82) is 0 Å². The van der Waals surface area contributed by atoms with Gasteiger partial charge in [0, 0.05) is 13.2 Å². The maximum Gasteiger partial charge on any atom is 0.287 e. The first-order valence-corrected chi connectivity index (χ1v) is 7.97. The normalized spacial score (nSPS) is 16.6. The van der Waals surface area contributed by atoms with Gasteiger partial charge in [-0.05, 0) is 31.9 Å². The molecular formula is C16H22N4O3. The molecule has 124 valence electrons. The molecular weight excluding hydrogens is 296 g/mol. The van der Waals surface area contributed by atoms with E-state index in [4.69, 9.17) is 9.15 Å². The van der Waals surface area contributed by atoms with E-state index in [-0.39, 0.29) is 17.7 Å². The van der Waals surface area contributed by atoms with E-state index in [0.717, 1.165) is 18.7 Å². The van der Waals surface area contributed by atoms with Gasteiger partial charge in [0.2, 0.25) is 0 Å². The highest BCUT2D eigenvalue weighted by Gasteiger charge is 2.24. The van der Waals surface area contributed by atoms with Gasteiger partial charge in [-0.15, -0.1) is 10.2 Å². The molecule has 0 saturated heterocycles. The molecule has 0 aliphatic heterocycles. The lowest BCUT2D eigenvalue weighted by Crippen LogP contribution is -2.29. The first-order chi connectivity index (χ1) is 11.2. The molecule has 1 saturated carbocycles. The lowest BCUT2D eigenvalue weighted by atomic mass is 10.2. The third-order valence-corrected chi connectivity index (χ3v) is 4.23. The van der Waals surface area contributed by atoms with Gasteiger partial charge in [0.25, 0.3) is 5.91 Å². The Kier molecular flexibility index (Phi) is 4.76. The predicted octanol–water partition coefficient (Wildman–Crippen LogP) is 2.62. The van der Waals surface area contributed by atoms with Gasteiger partial charge in [0.1, 0.15) is 18.7 Å². The molecule has 1 aliphatic carbocycles. The third kappa shape index (κ3) is 3.44. The number of furan rings is 1. The van der Waals surface area contributed by atoms with E-state index in [1.54, 1.807) is 25.6 Å². The van der Waals surface area contributed by atoms with Crippen LogP contribution in [0, 0.1) is 0 Å². The van der Waals surface area contributed by atoms with Crippen LogP contribution in [0.2, 0.25) is 0 Å². The molecule has 1 atom stereocenters. The topological polar surface area (TPSA) is 82.2 Å². The zero-order valence-electron chi connectivity index (χ0n) is 13.5. The van der Waals surface area contributed by atoms with Crippen LogP contribution >= 0.6 is 0 Å². The van der Waals surface area contributed by atoms with Crippen LogP contribution in [-0.4, -0.2) is 27.8 Å². The lowest BCUT2D eigenvalue weighted by molar-refractivity contribution is 0.0900. The highest BCUT2D eigenvalue weighted by molar-refractivity contribution is 5.91. The summed E-state index contributed by atoms with van der Waals surface area (Å²) in [5.74, 6) is 1.42. The SMILES string of the molecule is COCc1ccc(C(=O)NC(C)c2nncn2C2CCCC2)o1. The van der Waals surface area contributed by atoms with Crippen molar-refractivity contribution in [3.05, 3.63) is 35.8 Å². The molecule has 1 amide bonds. The number of carbonyl (C=O) groups excluding carboxylic acids is 1. The van der Waals surface area contributed by atoms with Crippen LogP contribution < -0.4 is 5.32 Å². The first kappa shape index (κ1) is 15.7. The highest BCUT2D eigenvalue weighted by Crippen LogP contribution is 2.31. The molecule has 2 aromatic rings. The minimum atomic E-state index is -0.263. The molecule has 23 heavy (non-hydrogen) atoms. The fourth-order valence-electron chi connectivity index (χ4n) is 3.08. The maximum atomic E-state index is 12.3. The van der Waals surface area contributed by atoms with Crippen LogP contribution in [0.15, 0.2) is 22.9 Å². The molecule has 2 heterocycles. The van der Waals surface area contributed by atoms with Crippen molar-refractivity contribution < 1.29 is 13.9 Å². The highest BCUT2D eigenvalue weighted by atomic mass is 16.5. The molecule has 0 spiro atoms. The van der Waals surface area contributed by atoms with Gasteiger partial charge in [0.15, 0.2) is 11.6 Å². The van der Waals surface area contributed by atoms with E-state index < -0.39 is 0 Å². The number of aromatic nitrogens is 3. The smallest absolute Gasteiger partial charge is 0.287 e. The molecule has 3 rings (SSSR count). The summed E-state index contributed by atoms with van der Waals surface area (Å²) in [5, 5.41) is 11.1. The summed E-state index contributed by atoms with van der Waals surface area (Å²) >= 11 is 0. The summed E-state index contributed by atoms with van der Waals surface area (Å²) < 4.78 is 12.5. The first-order valence-electron chi connectivity index (χ1n) is 7.97. The van der Waals surface area contributed by atoms with Crippen molar-refractivity contribution in [2.75, 3.05) is 7.11 Å². The number of methoxy groups -OCH3 is 1. The molecule has 1 N–H and O–H groups in total. The molecule has 7 nitrogen and oxygen atoms in total. The van der Waals surface area contributed by atoms with Gasteiger partial charge in [-0.1, -0.05) is 12.8 Å². The van der Waals surface area contributed by atoms with Crippen molar-refractivity contribution >= 4 is 5.91 Å². The Balaban J connectivity index is 1.67. The number of nitrogens with one attached hydrogen (secondary N) is 1. The van der Waals surface area contributed by atoms with Crippen molar-refractivity contribution in [3.8, 4) is 0 Å². The van der Waals surface area contributed by atoms with Crippen molar-refractivity contribution in [1.82, 2.24) is 20.1 Å². The molecule has 7 heteroatoms. The van der Waals surface area contributed by atoms with E-state index in [2.05, 4.69) is 20.1 Å². The van der Waals surface area contributed by atoms with Crippen LogP contribution in [0.3, 0.4) is 0 Å². The van der Waals surface area contributed by atoms with E-state index in [9.17, 15) is 4.79 Å². The Morgan fingerprint density at radius 1 is 1.48 bits per heavy atom. The average Bonchev–Trinajstić information content (AvgIpc) is 3.27. The second-order valence-corrected chi connectivity index (χ2v) is 5.93. The van der Waals surface area contributed by atoms with Gasteiger partial charge in [-0.3, -0.25) is 4.79 Å². The van der Waals surface area contributed by atoms with E-state index in [1.165, 1.54) is 12.8 Å². The summed E-state index contributed by atoms with van der Waals surface area (Å²) in [5.41, 5.74) is 0. The summed E-state index contributed by atoms with van der Waals surface area (Å²) in [7, 11) is 1.58. The molecule has 1 aliphatic rings. The van der Waals surface area contributed by atoms with E-state index >= 15 is 0 Å². The standard InChI is InChI=1S/C16H22N4O3/c1-11(15-19-17-10-20(15)12-5-3-4-6-12)18-16(21)14-8-7-13(23-14)9-22-2/h7-8,10-12H,3-6,9H2,1-2H3,(H,18,21). The Morgan fingerprint density at radius 3 is 3.00 bits per heavy atom. The lowest BCUT2D eigenvalue weighted by Gasteiger charge is -2.18. The number of hydrogen-bond acceptors (Lipinski definition) is 5. The Bertz CT molecular complexity index is 658. The summed E-state index contributed by atoms with van der Waals surface area (Å²) in [6, 6.07) is 3.60. The van der Waals surface area contributed by atoms with Crippen LogP contribution in [0.25, 0.3) is 0 Å². The number of hydrogen-bond donors (Lipinski definition) is 1. The van der Waals surface area contributed by atoms with Gasteiger partial charge in [-0.25, -0.2) is 0 Å². The Hall–Kier alpha value is -2.15. The van der Waals surface area contributed by atoms with Crippen LogP contribution in [0.5, 0.6) is 0 Å². The fraction of sp³-hybridized carbons (Fsp3) is 0.562. The molecule has 2 aromatic heterocycles. The largest absolute Gasteiger partial charge is 0.453 e. The molecule has 1 fully saturated rings. The van der Waals surface area contributed by atoms with Gasteiger partial charge in [0.05, 0.1) is 6.04 Å². The number of amides is 1. The molecule has 0 radical (unpaired) electrons. The van der Waals surface area contributed by atoms with E-state index in [1.807, 2.05) is 6.92 Å². The number of nitrogens with zero attached hydrogens (tertiary/aromatic N) is 3. The monoisotopic (exact) mass is 318 g/mol. The minimum Gasteiger partial charge on any atom is -0.453 e. The van der Waals surface area contributed by atoms with Crippen molar-refractivity contribution in [2.24, 2.45) is 0 Å². The van der Waals surface area contributed by atoms with Gasteiger partial charge < -0.3 is 19.0 Å². The number of ether oxygens (including phenoxy) is 1. The third-order valence-electron chi connectivity index (χ3n) is 4.23. The quantitative estimate of drug-likeness (QED) is 0.885. The van der Waals surface area contributed by atoms with E-state index in [0.29, 0.717) is 18.4 Å². The summed E-state index contributed by atoms with van der Waals surface area (Å²) in [4.78, 5) is 12.3. The minimum absolute atomic E-state index is 0.235. The maximum absolute atomic E-state index is 12.3. The second-order valence-electron chi connectivity index (χ2n) is 5.93. The van der Waals surface area contributed by atoms with Crippen molar-refractivity contribution in [2.45, 2.75) is 51.3 Å². The van der Waals surface area contributed by atoms with Crippen molar-refractivity contribution in [3.63, 3.8) is 0 Å². The molecule has 0 bridgehead atoms. The van der Waals surface area contributed by atoms with Crippen LogP contribution in [-0.2, 0) is 11.3 Å². The summed E-state index contributed by atoms with van der Waals surface area (Å²) in [6.07, 6.45) is 6.52. The molecule has 1 unspecified atom stereocenters. The predicted molar refractivity (Wildman–Crippen MR) is 82.8 cm³/mol. The second kappa shape index (κ2) is 6.95. The molecule has 0 aromatic carbocycles. The van der Waals surface area contributed by atoms with Gasteiger partial charge >= 0.3 is 0 Å². The zero-order chi connectivity index (χ0) is 16.2. The fourth-order valence-corrected chi connectivity index (χ4v) is 3.08. The summed E-state index contributed by atoms with van der Waals surface area (Å²) in [6.45, 7) is 2.26. The zero-order valence-corrected chi connectivity index (χ0v) is 13.5. The Morgan fingerprint density at radius 2 is 2.26 bits per heavy atom. The Labute approximate surface area is 135 Å².